The maximum absolute atomic E-state index is 11.7. The van der Waals surface area contributed by atoms with Gasteiger partial charge in [-0.3, -0.25) is 9.63 Å². The highest BCUT2D eigenvalue weighted by Gasteiger charge is 2.37. The third-order valence-corrected chi connectivity index (χ3v) is 2.57. The number of amides is 1. The molecule has 0 aromatic heterocycles. The molecule has 2 fully saturated rings. The Balaban J connectivity index is 1.89. The largest absolute Gasteiger partial charge is 0.479 e. The molecule has 6 heteroatoms. The molecule has 0 radical (unpaired) electrons. The van der Waals surface area contributed by atoms with E-state index in [2.05, 4.69) is 0 Å². The highest BCUT2D eigenvalue weighted by atomic mass is 16.7. The van der Waals surface area contributed by atoms with Crippen LogP contribution in [0.2, 0.25) is 0 Å². The Labute approximate surface area is 86.7 Å². The molecule has 1 N–H and O–H groups in total. The van der Waals surface area contributed by atoms with Crippen molar-refractivity contribution < 1.29 is 24.3 Å². The van der Waals surface area contributed by atoms with Crippen molar-refractivity contribution in [2.45, 2.75) is 31.5 Å². The molecule has 84 valence electrons. The van der Waals surface area contributed by atoms with Gasteiger partial charge in [0.15, 0.2) is 6.10 Å². The van der Waals surface area contributed by atoms with Crippen LogP contribution in [-0.4, -0.2) is 47.4 Å². The first-order valence-electron chi connectivity index (χ1n) is 5.01. The van der Waals surface area contributed by atoms with Crippen LogP contribution >= 0.6 is 0 Å². The number of carboxylic acids is 1. The Morgan fingerprint density at radius 1 is 1.27 bits per heavy atom. The van der Waals surface area contributed by atoms with E-state index in [-0.39, 0.29) is 5.91 Å². The van der Waals surface area contributed by atoms with E-state index in [9.17, 15) is 9.59 Å². The topological polar surface area (TPSA) is 76.1 Å². The van der Waals surface area contributed by atoms with E-state index in [1.54, 1.807) is 0 Å². The average Bonchev–Trinajstić information content (AvgIpc) is 2.88. The number of ether oxygens (including phenoxy) is 1. The summed E-state index contributed by atoms with van der Waals surface area (Å²) in [5.74, 6) is -1.26. The summed E-state index contributed by atoms with van der Waals surface area (Å²) in [5.41, 5.74) is 0. The van der Waals surface area contributed by atoms with Gasteiger partial charge in [0.1, 0.15) is 6.10 Å². The molecule has 2 aliphatic heterocycles. The molecule has 0 unspecified atom stereocenters. The highest BCUT2D eigenvalue weighted by Crippen LogP contribution is 2.22. The van der Waals surface area contributed by atoms with Crippen LogP contribution in [-0.2, 0) is 19.2 Å². The van der Waals surface area contributed by atoms with Crippen molar-refractivity contribution in [2.24, 2.45) is 0 Å². The van der Waals surface area contributed by atoms with E-state index in [1.807, 2.05) is 0 Å². The van der Waals surface area contributed by atoms with Crippen LogP contribution in [0.5, 0.6) is 0 Å². The second-order valence-electron chi connectivity index (χ2n) is 3.66. The number of rotatable bonds is 2. The quantitative estimate of drug-likeness (QED) is 0.689. The molecule has 15 heavy (non-hydrogen) atoms. The molecule has 0 aromatic carbocycles. The lowest BCUT2D eigenvalue weighted by molar-refractivity contribution is -0.181. The van der Waals surface area contributed by atoms with Crippen molar-refractivity contribution in [1.82, 2.24) is 5.06 Å². The molecule has 0 saturated carbocycles. The van der Waals surface area contributed by atoms with Gasteiger partial charge in [0.2, 0.25) is 0 Å². The first-order chi connectivity index (χ1) is 7.18. The zero-order valence-corrected chi connectivity index (χ0v) is 8.22. The van der Waals surface area contributed by atoms with Crippen molar-refractivity contribution in [3.05, 3.63) is 0 Å². The van der Waals surface area contributed by atoms with Gasteiger partial charge in [0, 0.05) is 0 Å². The number of hydrogen-bond acceptors (Lipinski definition) is 4. The summed E-state index contributed by atoms with van der Waals surface area (Å²) in [6, 6.07) is 0. The van der Waals surface area contributed by atoms with Gasteiger partial charge < -0.3 is 9.84 Å². The van der Waals surface area contributed by atoms with Crippen LogP contribution in [0.1, 0.15) is 19.3 Å². The normalized spacial score (nSPS) is 30.8. The van der Waals surface area contributed by atoms with Gasteiger partial charge in [-0.25, -0.2) is 9.86 Å². The number of carbonyl (C=O) groups is 2. The minimum absolute atomic E-state index is 0.253. The number of nitrogens with zero attached hydrogens (tertiary/aromatic N) is 1. The molecule has 2 heterocycles. The van der Waals surface area contributed by atoms with E-state index in [1.165, 1.54) is 5.06 Å². The Morgan fingerprint density at radius 2 is 2.00 bits per heavy atom. The molecule has 6 nitrogen and oxygen atoms in total. The Kier molecular flexibility index (Phi) is 2.88. The van der Waals surface area contributed by atoms with Crippen LogP contribution in [0.25, 0.3) is 0 Å². The standard InChI is InChI=1S/C9H13NO5/c11-8(10-4-1-5-14-10)6-2-3-7(15-6)9(12)13/h6-7H,1-5H2,(H,12,13)/t6-,7+/m1/s1. The van der Waals surface area contributed by atoms with Crippen LogP contribution < -0.4 is 0 Å². The van der Waals surface area contributed by atoms with Gasteiger partial charge in [-0.05, 0) is 19.3 Å². The summed E-state index contributed by atoms with van der Waals surface area (Å²) in [6.07, 6.45) is 0.168. The fourth-order valence-electron chi connectivity index (χ4n) is 1.78. The average molecular weight is 215 g/mol. The molecule has 2 saturated heterocycles. The smallest absolute Gasteiger partial charge is 0.332 e. The first kappa shape index (κ1) is 10.4. The fraction of sp³-hybridized carbons (Fsp3) is 0.778. The Hall–Kier alpha value is -1.14. The number of aliphatic carboxylic acids is 1. The molecule has 2 aliphatic rings. The van der Waals surface area contributed by atoms with Gasteiger partial charge in [0.05, 0.1) is 13.2 Å². The van der Waals surface area contributed by atoms with Crippen molar-refractivity contribution in [3.63, 3.8) is 0 Å². The summed E-state index contributed by atoms with van der Waals surface area (Å²) in [4.78, 5) is 27.4. The van der Waals surface area contributed by atoms with E-state index in [0.717, 1.165) is 6.42 Å². The van der Waals surface area contributed by atoms with Gasteiger partial charge >= 0.3 is 5.97 Å². The molecular formula is C9H13NO5. The Bertz CT molecular complexity index is 274. The SMILES string of the molecule is O=C(O)[C@@H]1CC[C@H](C(=O)N2CCCO2)O1. The molecule has 0 spiro atoms. The maximum Gasteiger partial charge on any atom is 0.332 e. The zero-order chi connectivity index (χ0) is 10.8. The minimum atomic E-state index is -1.01. The van der Waals surface area contributed by atoms with E-state index in [4.69, 9.17) is 14.7 Å². The van der Waals surface area contributed by atoms with Crippen molar-refractivity contribution >= 4 is 11.9 Å². The third kappa shape index (κ3) is 2.10. The number of carbonyl (C=O) groups excluding carboxylic acids is 1. The maximum atomic E-state index is 11.7. The summed E-state index contributed by atoms with van der Waals surface area (Å²) < 4.78 is 5.13. The lowest BCUT2D eigenvalue weighted by Crippen LogP contribution is -2.37. The Morgan fingerprint density at radius 3 is 2.53 bits per heavy atom. The zero-order valence-electron chi connectivity index (χ0n) is 8.22. The molecule has 2 atom stereocenters. The van der Waals surface area contributed by atoms with E-state index < -0.39 is 18.2 Å². The van der Waals surface area contributed by atoms with Crippen molar-refractivity contribution in [2.75, 3.05) is 13.2 Å². The summed E-state index contributed by atoms with van der Waals surface area (Å²) in [6.45, 7) is 1.11. The van der Waals surface area contributed by atoms with Gasteiger partial charge in [-0.15, -0.1) is 0 Å². The lowest BCUT2D eigenvalue weighted by Gasteiger charge is -2.18. The molecule has 0 bridgehead atoms. The van der Waals surface area contributed by atoms with Gasteiger partial charge in [-0.1, -0.05) is 0 Å². The number of hydroxylamine groups is 2. The fourth-order valence-corrected chi connectivity index (χ4v) is 1.78. The van der Waals surface area contributed by atoms with Crippen LogP contribution in [0.4, 0.5) is 0 Å². The number of hydrogen-bond donors (Lipinski definition) is 1. The van der Waals surface area contributed by atoms with Gasteiger partial charge in [-0.2, -0.15) is 0 Å². The monoisotopic (exact) mass is 215 g/mol. The predicted molar refractivity (Wildman–Crippen MR) is 47.8 cm³/mol. The first-order valence-corrected chi connectivity index (χ1v) is 5.01. The van der Waals surface area contributed by atoms with Crippen LogP contribution in [0, 0.1) is 0 Å². The predicted octanol–water partition coefficient (Wildman–Crippen LogP) is -0.218. The number of carboxylic acid groups (broad SMARTS) is 1. The highest BCUT2D eigenvalue weighted by molar-refractivity contribution is 5.82. The molecular weight excluding hydrogens is 202 g/mol. The second kappa shape index (κ2) is 4.16. The van der Waals surface area contributed by atoms with E-state index in [0.29, 0.717) is 26.0 Å². The molecule has 1 amide bonds. The summed E-state index contributed by atoms with van der Waals surface area (Å²) in [7, 11) is 0. The van der Waals surface area contributed by atoms with Crippen molar-refractivity contribution in [3.8, 4) is 0 Å². The van der Waals surface area contributed by atoms with Crippen molar-refractivity contribution in [1.29, 1.82) is 0 Å². The molecule has 0 aromatic rings. The molecule has 2 rings (SSSR count). The van der Waals surface area contributed by atoms with Crippen LogP contribution in [0.3, 0.4) is 0 Å². The second-order valence-corrected chi connectivity index (χ2v) is 3.66. The summed E-state index contributed by atoms with van der Waals surface area (Å²) >= 11 is 0. The van der Waals surface area contributed by atoms with Crippen LogP contribution in [0.15, 0.2) is 0 Å². The van der Waals surface area contributed by atoms with Gasteiger partial charge in [0.25, 0.3) is 5.91 Å². The minimum Gasteiger partial charge on any atom is -0.479 e. The summed E-state index contributed by atoms with van der Waals surface area (Å²) in [5, 5.41) is 9.97. The van der Waals surface area contributed by atoms with E-state index >= 15 is 0 Å². The third-order valence-electron chi connectivity index (χ3n) is 2.57. The molecule has 0 aliphatic carbocycles. The lowest BCUT2D eigenvalue weighted by atomic mass is 10.2.